The Balaban J connectivity index is 1.72. The summed E-state index contributed by atoms with van der Waals surface area (Å²) in [6.07, 6.45) is -0.733. The van der Waals surface area contributed by atoms with Gasteiger partial charge in [0.15, 0.2) is 6.10 Å². The van der Waals surface area contributed by atoms with Crippen LogP contribution in [0.3, 0.4) is 0 Å². The number of hydrogen-bond acceptors (Lipinski definition) is 3. The summed E-state index contributed by atoms with van der Waals surface area (Å²) in [5.41, 5.74) is 3.98. The largest absolute Gasteiger partial charge is 0.481 e. The van der Waals surface area contributed by atoms with E-state index >= 15 is 0 Å². The fourth-order valence-electron chi connectivity index (χ4n) is 3.59. The molecule has 3 aromatic carbocycles. The first-order valence-corrected chi connectivity index (χ1v) is 11.3. The minimum Gasteiger partial charge on any atom is -0.481 e. The summed E-state index contributed by atoms with van der Waals surface area (Å²) in [7, 11) is 0. The average Bonchev–Trinajstić information content (AvgIpc) is 2.79. The number of para-hydroxylation sites is 1. The van der Waals surface area contributed by atoms with Crippen molar-refractivity contribution in [3.63, 3.8) is 0 Å². The number of rotatable bonds is 8. The van der Waals surface area contributed by atoms with Crippen LogP contribution in [0.2, 0.25) is 0 Å². The topological polar surface area (TPSA) is 67.4 Å². The van der Waals surface area contributed by atoms with Gasteiger partial charge in [-0.25, -0.2) is 0 Å². The summed E-state index contributed by atoms with van der Waals surface area (Å²) in [6, 6.07) is 22.6. The zero-order valence-electron chi connectivity index (χ0n) is 19.9. The third-order valence-corrected chi connectivity index (χ3v) is 5.54. The van der Waals surface area contributed by atoms with Crippen molar-refractivity contribution in [2.24, 2.45) is 0 Å². The van der Waals surface area contributed by atoms with Crippen LogP contribution >= 0.6 is 0 Å². The van der Waals surface area contributed by atoms with Crippen LogP contribution in [-0.2, 0) is 4.79 Å². The van der Waals surface area contributed by atoms with Crippen molar-refractivity contribution in [1.82, 2.24) is 5.32 Å². The molecule has 33 heavy (non-hydrogen) atoms. The van der Waals surface area contributed by atoms with Crippen LogP contribution in [0.25, 0.3) is 0 Å². The van der Waals surface area contributed by atoms with Crippen LogP contribution in [0.4, 0.5) is 5.69 Å². The summed E-state index contributed by atoms with van der Waals surface area (Å²) in [5.74, 6) is 0.404. The molecule has 0 aliphatic heterocycles. The minimum absolute atomic E-state index is 0.166. The Kier molecular flexibility index (Phi) is 7.88. The first-order chi connectivity index (χ1) is 15.8. The van der Waals surface area contributed by atoms with Gasteiger partial charge >= 0.3 is 0 Å². The van der Waals surface area contributed by atoms with Gasteiger partial charge in [-0.05, 0) is 61.6 Å². The highest BCUT2D eigenvalue weighted by atomic mass is 16.5. The van der Waals surface area contributed by atoms with Crippen molar-refractivity contribution in [2.75, 3.05) is 5.32 Å². The lowest BCUT2D eigenvalue weighted by atomic mass is 10.0. The van der Waals surface area contributed by atoms with E-state index in [1.54, 1.807) is 31.2 Å². The van der Waals surface area contributed by atoms with E-state index in [1.165, 1.54) is 0 Å². The molecule has 172 valence electrons. The fourth-order valence-corrected chi connectivity index (χ4v) is 3.59. The fraction of sp³-hybridized carbons (Fsp3) is 0.286. The van der Waals surface area contributed by atoms with Crippen LogP contribution < -0.4 is 15.4 Å². The molecule has 2 N–H and O–H groups in total. The minimum atomic E-state index is -0.733. The predicted molar refractivity (Wildman–Crippen MR) is 133 cm³/mol. The third kappa shape index (κ3) is 6.22. The van der Waals surface area contributed by atoms with Crippen LogP contribution in [0.15, 0.2) is 72.8 Å². The number of benzene rings is 3. The van der Waals surface area contributed by atoms with Crippen LogP contribution in [-0.4, -0.2) is 17.9 Å². The maximum absolute atomic E-state index is 13.0. The standard InChI is InChI=1S/C28H32N2O3/c1-18(2)23-16-15-19(3)17-26(23)33-21(5)27(31)30-25-14-10-9-13-24(25)28(32)29-20(4)22-11-7-6-8-12-22/h6-18,20-21H,1-5H3,(H,29,32)(H,30,31)/t20-,21+/m0/s1. The molecule has 3 rings (SSSR count). The van der Waals surface area contributed by atoms with Crippen LogP contribution in [0.1, 0.15) is 66.7 Å². The van der Waals surface area contributed by atoms with E-state index < -0.39 is 6.10 Å². The molecule has 0 heterocycles. The van der Waals surface area contributed by atoms with E-state index in [-0.39, 0.29) is 23.8 Å². The molecule has 2 amide bonds. The van der Waals surface area contributed by atoms with Crippen molar-refractivity contribution < 1.29 is 14.3 Å². The summed E-state index contributed by atoms with van der Waals surface area (Å²) >= 11 is 0. The van der Waals surface area contributed by atoms with E-state index in [1.807, 2.05) is 62.4 Å². The molecule has 3 aromatic rings. The first-order valence-electron chi connectivity index (χ1n) is 11.3. The molecule has 0 fully saturated rings. The van der Waals surface area contributed by atoms with Gasteiger partial charge in [0.05, 0.1) is 17.3 Å². The molecule has 0 bridgehead atoms. The Hall–Kier alpha value is -3.60. The molecule has 0 saturated carbocycles. The molecule has 0 aliphatic carbocycles. The SMILES string of the molecule is Cc1ccc(C(C)C)c(O[C@H](C)C(=O)Nc2ccccc2C(=O)N[C@@H](C)c2ccccc2)c1. The first kappa shape index (κ1) is 24.1. The number of carbonyl (C=O) groups excluding carboxylic acids is 2. The molecule has 0 aliphatic rings. The Morgan fingerprint density at radius 1 is 0.848 bits per heavy atom. The number of carbonyl (C=O) groups is 2. The lowest BCUT2D eigenvalue weighted by Gasteiger charge is -2.20. The lowest BCUT2D eigenvalue weighted by Crippen LogP contribution is -2.32. The van der Waals surface area contributed by atoms with Crippen molar-refractivity contribution in [1.29, 1.82) is 0 Å². The van der Waals surface area contributed by atoms with Gasteiger partial charge in [-0.15, -0.1) is 0 Å². The van der Waals surface area contributed by atoms with Gasteiger partial charge in [0, 0.05) is 0 Å². The molecule has 0 aromatic heterocycles. The van der Waals surface area contributed by atoms with Crippen molar-refractivity contribution in [2.45, 2.75) is 52.7 Å². The highest BCUT2D eigenvalue weighted by molar-refractivity contribution is 6.04. The van der Waals surface area contributed by atoms with Gasteiger partial charge < -0.3 is 15.4 Å². The molecule has 5 nitrogen and oxygen atoms in total. The Bertz CT molecular complexity index is 1110. The maximum atomic E-state index is 13.0. The van der Waals surface area contributed by atoms with Gasteiger partial charge in [0.25, 0.3) is 11.8 Å². The van der Waals surface area contributed by atoms with E-state index in [9.17, 15) is 9.59 Å². The van der Waals surface area contributed by atoms with Gasteiger partial charge in [-0.3, -0.25) is 9.59 Å². The van der Waals surface area contributed by atoms with E-state index in [4.69, 9.17) is 4.74 Å². The molecule has 2 atom stereocenters. The van der Waals surface area contributed by atoms with E-state index in [0.717, 1.165) is 16.7 Å². The van der Waals surface area contributed by atoms with E-state index in [2.05, 4.69) is 24.5 Å². The van der Waals surface area contributed by atoms with Gasteiger partial charge in [0.2, 0.25) is 0 Å². The zero-order chi connectivity index (χ0) is 24.0. The second-order valence-corrected chi connectivity index (χ2v) is 8.60. The monoisotopic (exact) mass is 444 g/mol. The average molecular weight is 445 g/mol. The van der Waals surface area contributed by atoms with Gasteiger partial charge in [0.1, 0.15) is 5.75 Å². The molecule has 0 radical (unpaired) electrons. The van der Waals surface area contributed by atoms with Gasteiger partial charge in [-0.2, -0.15) is 0 Å². The summed E-state index contributed by atoms with van der Waals surface area (Å²) in [5, 5.41) is 5.86. The number of hydrogen-bond donors (Lipinski definition) is 2. The maximum Gasteiger partial charge on any atom is 0.265 e. The highest BCUT2D eigenvalue weighted by Crippen LogP contribution is 2.28. The molecule has 0 spiro atoms. The number of amides is 2. The molecular formula is C28H32N2O3. The quantitative estimate of drug-likeness (QED) is 0.447. The van der Waals surface area contributed by atoms with Crippen LogP contribution in [0, 0.1) is 6.92 Å². The Labute approximate surface area is 196 Å². The van der Waals surface area contributed by atoms with E-state index in [0.29, 0.717) is 17.0 Å². The van der Waals surface area contributed by atoms with Gasteiger partial charge in [-0.1, -0.05) is 68.4 Å². The number of ether oxygens (including phenoxy) is 1. The number of aryl methyl sites for hydroxylation is 1. The smallest absolute Gasteiger partial charge is 0.265 e. The highest BCUT2D eigenvalue weighted by Gasteiger charge is 2.21. The molecular weight excluding hydrogens is 412 g/mol. The van der Waals surface area contributed by atoms with Crippen molar-refractivity contribution >= 4 is 17.5 Å². The van der Waals surface area contributed by atoms with Crippen LogP contribution in [0.5, 0.6) is 5.75 Å². The summed E-state index contributed by atoms with van der Waals surface area (Å²) < 4.78 is 6.03. The third-order valence-electron chi connectivity index (χ3n) is 5.54. The second-order valence-electron chi connectivity index (χ2n) is 8.60. The van der Waals surface area contributed by atoms with Crippen molar-refractivity contribution in [3.05, 3.63) is 95.1 Å². The van der Waals surface area contributed by atoms with Crippen molar-refractivity contribution in [3.8, 4) is 5.75 Å². The summed E-state index contributed by atoms with van der Waals surface area (Å²) in [4.78, 5) is 25.9. The Morgan fingerprint density at radius 3 is 2.21 bits per heavy atom. The zero-order valence-corrected chi connectivity index (χ0v) is 19.9. The normalized spacial score (nSPS) is 12.7. The molecule has 0 unspecified atom stereocenters. The number of nitrogens with one attached hydrogen (secondary N) is 2. The molecule has 5 heteroatoms. The second kappa shape index (κ2) is 10.8. The summed E-state index contributed by atoms with van der Waals surface area (Å²) in [6.45, 7) is 9.81. The number of anilines is 1. The predicted octanol–water partition coefficient (Wildman–Crippen LogP) is 6.02. The Morgan fingerprint density at radius 2 is 1.52 bits per heavy atom. The molecule has 0 saturated heterocycles. The lowest BCUT2D eigenvalue weighted by molar-refractivity contribution is -0.122.